The van der Waals surface area contributed by atoms with Crippen LogP contribution in [0.5, 0.6) is 5.88 Å². The molecule has 41 heavy (non-hydrogen) atoms. The van der Waals surface area contributed by atoms with E-state index < -0.39 is 11.4 Å². The van der Waals surface area contributed by atoms with Crippen LogP contribution in [0.4, 0.5) is 5.13 Å². The fraction of sp³-hybridized carbons (Fsp3) is 0.690. The van der Waals surface area contributed by atoms with Crippen molar-refractivity contribution in [2.24, 2.45) is 29.1 Å². The van der Waals surface area contributed by atoms with Gasteiger partial charge in [-0.15, -0.1) is 23.1 Å². The first-order valence-corrected chi connectivity index (χ1v) is 16.5. The van der Waals surface area contributed by atoms with Crippen molar-refractivity contribution < 1.29 is 28.8 Å². The van der Waals surface area contributed by atoms with Crippen molar-refractivity contribution >= 4 is 46.0 Å². The molecule has 3 N–H and O–H groups in total. The summed E-state index contributed by atoms with van der Waals surface area (Å²) < 4.78 is 11.8. The van der Waals surface area contributed by atoms with E-state index in [0.29, 0.717) is 22.0 Å². The average molecular weight is 603 g/mol. The lowest BCUT2D eigenvalue weighted by Crippen LogP contribution is -2.55. The molecule has 7 rings (SSSR count). The van der Waals surface area contributed by atoms with Gasteiger partial charge in [0.25, 0.3) is 11.8 Å². The van der Waals surface area contributed by atoms with Crippen LogP contribution in [0.15, 0.2) is 14.8 Å². The second-order valence-electron chi connectivity index (χ2n) is 12.9. The molecule has 2 aromatic heterocycles. The first-order chi connectivity index (χ1) is 19.7. The van der Waals surface area contributed by atoms with Gasteiger partial charge in [0.2, 0.25) is 11.7 Å². The third-order valence-corrected chi connectivity index (χ3v) is 11.5. The van der Waals surface area contributed by atoms with Crippen LogP contribution in [0, 0.1) is 29.1 Å². The largest absolute Gasteiger partial charge is 0.476 e. The van der Waals surface area contributed by atoms with Crippen LogP contribution in [-0.4, -0.2) is 50.9 Å². The van der Waals surface area contributed by atoms with Gasteiger partial charge in [-0.05, 0) is 87.6 Å². The van der Waals surface area contributed by atoms with Crippen LogP contribution < -0.4 is 15.4 Å². The number of hydrogen-bond donors (Lipinski definition) is 3. The molecule has 5 fully saturated rings. The minimum absolute atomic E-state index is 0.0165. The molecule has 0 saturated heterocycles. The number of nitrogens with zero attached hydrogens (tertiary/aromatic N) is 2. The number of thioether (sulfide) groups is 1. The van der Waals surface area contributed by atoms with Crippen molar-refractivity contribution in [1.82, 2.24) is 15.5 Å². The van der Waals surface area contributed by atoms with E-state index in [1.807, 2.05) is 0 Å². The number of aromatic nitrogens is 2. The number of carboxylic acids is 1. The second-order valence-corrected chi connectivity index (χ2v) is 15.1. The molecule has 222 valence electrons. The normalized spacial score (nSPS) is 27.5. The Morgan fingerprint density at radius 1 is 1.10 bits per heavy atom. The molecule has 0 aromatic carbocycles. The summed E-state index contributed by atoms with van der Waals surface area (Å²) in [7, 11) is 0. The van der Waals surface area contributed by atoms with Gasteiger partial charge in [-0.2, -0.15) is 0 Å². The number of hydrogen-bond acceptors (Lipinski definition) is 9. The Bertz CT molecular complexity index is 1270. The van der Waals surface area contributed by atoms with Crippen molar-refractivity contribution in [3.63, 3.8) is 0 Å². The van der Waals surface area contributed by atoms with Crippen LogP contribution >= 0.6 is 23.1 Å². The number of carbonyl (C=O) groups excluding carboxylic acids is 2. The van der Waals surface area contributed by atoms with Gasteiger partial charge in [0.1, 0.15) is 11.5 Å². The Morgan fingerprint density at radius 3 is 2.41 bits per heavy atom. The minimum Gasteiger partial charge on any atom is -0.476 e. The van der Waals surface area contributed by atoms with Crippen molar-refractivity contribution in [3.05, 3.63) is 16.8 Å². The summed E-state index contributed by atoms with van der Waals surface area (Å²) in [6, 6.07) is 0.187. The monoisotopic (exact) mass is 602 g/mol. The number of thiazole rings is 1. The molecular formula is C29H38N4O6S2. The van der Waals surface area contributed by atoms with Crippen molar-refractivity contribution in [3.8, 4) is 5.88 Å². The van der Waals surface area contributed by atoms with Crippen LogP contribution in [-0.2, 0) is 4.79 Å². The number of aromatic carboxylic acids is 1. The molecule has 5 aliphatic rings. The topological polar surface area (TPSA) is 144 Å². The Balaban J connectivity index is 1.15. The number of nitrogens with one attached hydrogen (secondary N) is 2. The number of amides is 2. The van der Waals surface area contributed by atoms with Gasteiger partial charge in [-0.25, -0.2) is 9.78 Å². The summed E-state index contributed by atoms with van der Waals surface area (Å²) in [5.41, 5.74) is -1.12. The van der Waals surface area contributed by atoms with E-state index >= 15 is 0 Å². The summed E-state index contributed by atoms with van der Waals surface area (Å²) in [6.45, 7) is 3.43. The third-order valence-electron chi connectivity index (χ3n) is 9.32. The third kappa shape index (κ3) is 6.14. The number of ether oxygens (including phenoxy) is 1. The number of carbonyl (C=O) groups is 3. The Morgan fingerprint density at radius 2 is 1.78 bits per heavy atom. The molecule has 0 spiro atoms. The van der Waals surface area contributed by atoms with Crippen LogP contribution in [0.25, 0.3) is 0 Å². The van der Waals surface area contributed by atoms with Gasteiger partial charge in [0.15, 0.2) is 10.8 Å². The van der Waals surface area contributed by atoms with Gasteiger partial charge in [-0.3, -0.25) is 9.59 Å². The summed E-state index contributed by atoms with van der Waals surface area (Å²) in [4.78, 5) is 42.3. The molecule has 10 nitrogen and oxygen atoms in total. The molecule has 5 saturated carbocycles. The van der Waals surface area contributed by atoms with Crippen LogP contribution in [0.1, 0.15) is 99.1 Å². The van der Waals surface area contributed by atoms with Gasteiger partial charge in [0, 0.05) is 16.7 Å². The molecule has 0 unspecified atom stereocenters. The van der Waals surface area contributed by atoms with E-state index in [1.54, 1.807) is 25.6 Å². The molecule has 5 aliphatic carbocycles. The summed E-state index contributed by atoms with van der Waals surface area (Å²) >= 11 is 2.65. The lowest BCUT2D eigenvalue weighted by atomic mass is 9.54. The predicted molar refractivity (Wildman–Crippen MR) is 155 cm³/mol. The quantitative estimate of drug-likeness (QED) is 0.305. The van der Waals surface area contributed by atoms with Gasteiger partial charge in [-0.1, -0.05) is 19.3 Å². The Labute approximate surface area is 247 Å². The summed E-state index contributed by atoms with van der Waals surface area (Å²) in [5.74, 6) is 1.44. The zero-order valence-corrected chi connectivity index (χ0v) is 25.2. The SMILES string of the molecule is CC(C)(COc1noc(C(=O)NC2C3CC4CC(C3)CC2C4)c1SC1CCCCC1)C(=O)Nc1nc(C(=O)O)cs1. The maximum absolute atomic E-state index is 13.6. The maximum atomic E-state index is 13.6. The standard InChI is InChI=1S/C29H38N4O6S2/c1-29(2,27(37)32-28-30-20(13-40-28)26(35)36)14-38-25-23(41-19-6-4-3-5-7-19)22(39-33-25)24(34)31-21-17-9-15-8-16(11-17)12-18(21)10-15/h13,15-19,21H,3-12,14H2,1-2H3,(H,31,34)(H,35,36)(H,30,32,37). The van der Waals surface area contributed by atoms with E-state index in [9.17, 15) is 14.4 Å². The van der Waals surface area contributed by atoms with E-state index in [1.165, 1.54) is 43.9 Å². The zero-order chi connectivity index (χ0) is 28.7. The van der Waals surface area contributed by atoms with Crippen molar-refractivity contribution in [2.75, 3.05) is 11.9 Å². The Hall–Kier alpha value is -2.60. The van der Waals surface area contributed by atoms with E-state index in [4.69, 9.17) is 14.4 Å². The van der Waals surface area contributed by atoms with Crippen molar-refractivity contribution in [2.45, 2.75) is 94.2 Å². The summed E-state index contributed by atoms with van der Waals surface area (Å²) in [6.07, 6.45) is 11.9. The highest BCUT2D eigenvalue weighted by Crippen LogP contribution is 2.54. The molecule has 0 radical (unpaired) electrons. The van der Waals surface area contributed by atoms with E-state index in [2.05, 4.69) is 20.8 Å². The molecule has 2 heterocycles. The molecule has 0 aliphatic heterocycles. The highest BCUT2D eigenvalue weighted by atomic mass is 32.2. The highest BCUT2D eigenvalue weighted by molar-refractivity contribution is 8.00. The number of carboxylic acid groups (broad SMARTS) is 1. The first kappa shape index (κ1) is 28.5. The second kappa shape index (κ2) is 11.6. The fourth-order valence-electron chi connectivity index (χ4n) is 7.34. The minimum atomic E-state index is -1.15. The van der Waals surface area contributed by atoms with Crippen LogP contribution in [0.3, 0.4) is 0 Å². The molecule has 0 atom stereocenters. The van der Waals surface area contributed by atoms with Crippen LogP contribution in [0.2, 0.25) is 0 Å². The summed E-state index contributed by atoms with van der Waals surface area (Å²) in [5, 5.41) is 21.2. The number of rotatable bonds is 10. The fourth-order valence-corrected chi connectivity index (χ4v) is 9.36. The first-order valence-electron chi connectivity index (χ1n) is 14.8. The predicted octanol–water partition coefficient (Wildman–Crippen LogP) is 5.85. The number of anilines is 1. The van der Waals surface area contributed by atoms with Gasteiger partial charge in [0.05, 0.1) is 5.41 Å². The molecule has 4 bridgehead atoms. The average Bonchev–Trinajstić information content (AvgIpc) is 3.57. The maximum Gasteiger partial charge on any atom is 0.355 e. The highest BCUT2D eigenvalue weighted by Gasteiger charge is 2.49. The molecule has 2 aromatic rings. The lowest BCUT2D eigenvalue weighted by molar-refractivity contribution is -0.125. The molecule has 2 amide bonds. The zero-order valence-electron chi connectivity index (χ0n) is 23.5. The molecule has 12 heteroatoms. The van der Waals surface area contributed by atoms with Gasteiger partial charge >= 0.3 is 5.97 Å². The van der Waals surface area contributed by atoms with E-state index in [0.717, 1.165) is 48.9 Å². The lowest BCUT2D eigenvalue weighted by Gasteiger charge is -2.54. The molecular weight excluding hydrogens is 564 g/mol. The van der Waals surface area contributed by atoms with Crippen molar-refractivity contribution in [1.29, 1.82) is 0 Å². The van der Waals surface area contributed by atoms with E-state index in [-0.39, 0.29) is 46.9 Å². The smallest absolute Gasteiger partial charge is 0.355 e. The Kier molecular flexibility index (Phi) is 8.06. The van der Waals surface area contributed by atoms with Gasteiger partial charge < -0.3 is 25.0 Å².